The summed E-state index contributed by atoms with van der Waals surface area (Å²) in [7, 11) is 0. The van der Waals surface area contributed by atoms with Crippen molar-refractivity contribution in [2.45, 2.75) is 32.5 Å². The van der Waals surface area contributed by atoms with Gasteiger partial charge in [-0.3, -0.25) is 10.9 Å². The minimum atomic E-state index is -0.142. The van der Waals surface area contributed by atoms with E-state index in [-0.39, 0.29) is 5.82 Å². The van der Waals surface area contributed by atoms with Crippen LogP contribution in [0.25, 0.3) is 0 Å². The molecular formula is C17H27FN4O. The summed E-state index contributed by atoms with van der Waals surface area (Å²) in [5.41, 5.74) is 8.18. The molecule has 2 saturated heterocycles. The third kappa shape index (κ3) is 4.01. The molecule has 0 bridgehead atoms. The minimum Gasteiger partial charge on any atom is -0.378 e. The number of halogens is 1. The Bertz CT molecular complexity index is 511. The molecular weight excluding hydrogens is 295 g/mol. The van der Waals surface area contributed by atoms with Crippen LogP contribution in [0, 0.1) is 11.7 Å². The van der Waals surface area contributed by atoms with Crippen molar-refractivity contribution in [3.63, 3.8) is 0 Å². The number of anilines is 1. The monoisotopic (exact) mass is 322 g/mol. The fraction of sp³-hybridized carbons (Fsp3) is 0.647. The van der Waals surface area contributed by atoms with Crippen molar-refractivity contribution in [1.29, 1.82) is 0 Å². The predicted octanol–water partition coefficient (Wildman–Crippen LogP) is 1.25. The first-order chi connectivity index (χ1) is 11.1. The van der Waals surface area contributed by atoms with Crippen molar-refractivity contribution in [3.05, 3.63) is 29.6 Å². The Balaban J connectivity index is 1.53. The molecule has 0 amide bonds. The first kappa shape index (κ1) is 16.6. The van der Waals surface area contributed by atoms with E-state index in [1.165, 1.54) is 0 Å². The predicted molar refractivity (Wildman–Crippen MR) is 89.8 cm³/mol. The molecule has 2 fully saturated rings. The molecule has 3 rings (SSSR count). The Hall–Kier alpha value is -1.21. The quantitative estimate of drug-likeness (QED) is 0.762. The summed E-state index contributed by atoms with van der Waals surface area (Å²) in [5.74, 6) is 0.393. The molecule has 2 aliphatic heterocycles. The highest BCUT2D eigenvalue weighted by atomic mass is 19.1. The summed E-state index contributed by atoms with van der Waals surface area (Å²) >= 11 is 0. The fourth-order valence-electron chi connectivity index (χ4n) is 3.37. The summed E-state index contributed by atoms with van der Waals surface area (Å²) < 4.78 is 19.7. The smallest absolute Gasteiger partial charge is 0.146 e. The molecule has 0 spiro atoms. The maximum Gasteiger partial charge on any atom is 0.146 e. The van der Waals surface area contributed by atoms with E-state index in [0.717, 1.165) is 25.2 Å². The number of nitrogens with zero attached hydrogens (tertiary/aromatic N) is 1. The number of rotatable bonds is 5. The second-order valence-corrected chi connectivity index (χ2v) is 6.55. The molecule has 5 nitrogen and oxygen atoms in total. The van der Waals surface area contributed by atoms with Gasteiger partial charge in [0.05, 0.1) is 18.9 Å². The normalized spacial score (nSPS) is 28.3. The largest absolute Gasteiger partial charge is 0.378 e. The molecule has 23 heavy (non-hydrogen) atoms. The highest BCUT2D eigenvalue weighted by molar-refractivity contribution is 5.49. The number of benzene rings is 1. The van der Waals surface area contributed by atoms with Crippen LogP contribution in [-0.2, 0) is 11.3 Å². The molecule has 128 valence electrons. The number of hydrogen-bond acceptors (Lipinski definition) is 5. The van der Waals surface area contributed by atoms with E-state index < -0.39 is 0 Å². The maximum absolute atomic E-state index is 14.4. The lowest BCUT2D eigenvalue weighted by Gasteiger charge is -2.29. The molecule has 2 unspecified atom stereocenters. The molecule has 2 atom stereocenters. The summed E-state index contributed by atoms with van der Waals surface area (Å²) in [4.78, 5) is 2.05. The van der Waals surface area contributed by atoms with Gasteiger partial charge in [-0.05, 0) is 31.5 Å². The summed E-state index contributed by atoms with van der Waals surface area (Å²) in [6.45, 7) is 8.81. The molecule has 0 aliphatic carbocycles. The van der Waals surface area contributed by atoms with Crippen molar-refractivity contribution in [2.24, 2.45) is 5.92 Å². The Morgan fingerprint density at radius 3 is 2.57 bits per heavy atom. The highest BCUT2D eigenvalue weighted by Gasteiger charge is 2.28. The molecule has 2 aliphatic rings. The zero-order valence-corrected chi connectivity index (χ0v) is 13.9. The van der Waals surface area contributed by atoms with E-state index in [9.17, 15) is 4.39 Å². The van der Waals surface area contributed by atoms with Crippen molar-refractivity contribution in [3.8, 4) is 0 Å². The summed E-state index contributed by atoms with van der Waals surface area (Å²) in [5, 5.41) is 3.45. The van der Waals surface area contributed by atoms with E-state index in [2.05, 4.69) is 34.9 Å². The van der Waals surface area contributed by atoms with Gasteiger partial charge in [-0.25, -0.2) is 4.39 Å². The third-order valence-corrected chi connectivity index (χ3v) is 4.90. The number of ether oxygens (including phenoxy) is 1. The van der Waals surface area contributed by atoms with Gasteiger partial charge >= 0.3 is 0 Å². The molecule has 1 aromatic carbocycles. The molecule has 6 heteroatoms. The van der Waals surface area contributed by atoms with Gasteiger partial charge in [0, 0.05) is 44.2 Å². The number of nitrogens with one attached hydrogen (secondary N) is 3. The first-order valence-corrected chi connectivity index (χ1v) is 8.48. The Morgan fingerprint density at radius 2 is 1.91 bits per heavy atom. The van der Waals surface area contributed by atoms with Crippen LogP contribution in [0.15, 0.2) is 18.2 Å². The minimum absolute atomic E-state index is 0.142. The van der Waals surface area contributed by atoms with Crippen molar-refractivity contribution in [1.82, 2.24) is 16.2 Å². The van der Waals surface area contributed by atoms with E-state index in [1.54, 1.807) is 6.07 Å². The number of hydrazine groups is 1. The first-order valence-electron chi connectivity index (χ1n) is 8.48. The van der Waals surface area contributed by atoms with Crippen LogP contribution in [0.1, 0.15) is 19.4 Å². The maximum atomic E-state index is 14.4. The van der Waals surface area contributed by atoms with Crippen LogP contribution in [0.5, 0.6) is 0 Å². The lowest BCUT2D eigenvalue weighted by molar-refractivity contribution is 0.122. The molecule has 0 aromatic heterocycles. The van der Waals surface area contributed by atoms with Gasteiger partial charge in [-0.1, -0.05) is 6.07 Å². The molecule has 1 aromatic rings. The molecule has 2 heterocycles. The summed E-state index contributed by atoms with van der Waals surface area (Å²) in [6, 6.07) is 6.44. The zero-order chi connectivity index (χ0) is 16.2. The van der Waals surface area contributed by atoms with Crippen LogP contribution >= 0.6 is 0 Å². The lowest BCUT2D eigenvalue weighted by Crippen LogP contribution is -2.36. The third-order valence-electron chi connectivity index (χ3n) is 4.90. The van der Waals surface area contributed by atoms with Gasteiger partial charge in [0.25, 0.3) is 0 Å². The Labute approximate surface area is 137 Å². The van der Waals surface area contributed by atoms with Crippen molar-refractivity contribution >= 4 is 5.69 Å². The van der Waals surface area contributed by atoms with Crippen LogP contribution < -0.4 is 21.1 Å². The molecule has 0 radical (unpaired) electrons. The van der Waals surface area contributed by atoms with Crippen molar-refractivity contribution < 1.29 is 9.13 Å². The Kier molecular flexibility index (Phi) is 5.48. The van der Waals surface area contributed by atoms with Crippen LogP contribution in [0.3, 0.4) is 0 Å². The molecule has 0 saturated carbocycles. The molecule has 3 N–H and O–H groups in total. The van der Waals surface area contributed by atoms with E-state index in [4.69, 9.17) is 4.74 Å². The second-order valence-electron chi connectivity index (χ2n) is 6.55. The average Bonchev–Trinajstić information content (AvgIpc) is 2.88. The fourth-order valence-corrected chi connectivity index (χ4v) is 3.37. The van der Waals surface area contributed by atoms with Gasteiger partial charge in [0.2, 0.25) is 0 Å². The standard InChI is InChI=1S/C17H27FN4O/c1-12-15(13(2)21-20-12)11-19-10-14-3-4-17(16(18)9-14)22-5-7-23-8-6-22/h3-4,9,12-13,15,19-21H,5-8,10-11H2,1-2H3. The second kappa shape index (κ2) is 7.57. The zero-order valence-electron chi connectivity index (χ0n) is 13.9. The highest BCUT2D eigenvalue weighted by Crippen LogP contribution is 2.21. The Morgan fingerprint density at radius 1 is 1.22 bits per heavy atom. The van der Waals surface area contributed by atoms with Gasteiger partial charge < -0.3 is 15.0 Å². The van der Waals surface area contributed by atoms with Crippen LogP contribution in [-0.4, -0.2) is 44.9 Å². The van der Waals surface area contributed by atoms with Crippen LogP contribution in [0.2, 0.25) is 0 Å². The van der Waals surface area contributed by atoms with E-state index in [1.807, 2.05) is 12.1 Å². The van der Waals surface area contributed by atoms with E-state index in [0.29, 0.717) is 43.4 Å². The summed E-state index contributed by atoms with van der Waals surface area (Å²) in [6.07, 6.45) is 0. The van der Waals surface area contributed by atoms with E-state index >= 15 is 0 Å². The van der Waals surface area contributed by atoms with Gasteiger partial charge in [0.1, 0.15) is 5.82 Å². The topological polar surface area (TPSA) is 48.6 Å². The van der Waals surface area contributed by atoms with Crippen molar-refractivity contribution in [2.75, 3.05) is 37.7 Å². The number of morpholine rings is 1. The number of hydrogen-bond donors (Lipinski definition) is 3. The van der Waals surface area contributed by atoms with Gasteiger partial charge in [-0.2, -0.15) is 0 Å². The lowest BCUT2D eigenvalue weighted by atomic mass is 9.97. The van der Waals surface area contributed by atoms with Gasteiger partial charge in [0.15, 0.2) is 0 Å². The van der Waals surface area contributed by atoms with Gasteiger partial charge in [-0.15, -0.1) is 0 Å². The SMILES string of the molecule is CC1NNC(C)C1CNCc1ccc(N2CCOCC2)c(F)c1. The van der Waals surface area contributed by atoms with Crippen LogP contribution in [0.4, 0.5) is 10.1 Å². The average molecular weight is 322 g/mol.